The maximum absolute atomic E-state index is 6.02. The summed E-state index contributed by atoms with van der Waals surface area (Å²) < 4.78 is 0. The van der Waals surface area contributed by atoms with Gasteiger partial charge >= 0.3 is 0 Å². The molecule has 0 aliphatic heterocycles. The van der Waals surface area contributed by atoms with Crippen LogP contribution in [-0.4, -0.2) is 16.1 Å². The van der Waals surface area contributed by atoms with E-state index in [-0.39, 0.29) is 5.41 Å². The van der Waals surface area contributed by atoms with Gasteiger partial charge in [-0.1, -0.05) is 25.4 Å². The normalized spacial score (nSPS) is 11.7. The number of alkyl halides is 1. The Balaban J connectivity index is 3.17. The molecule has 1 aromatic heterocycles. The molecule has 4 heteroatoms. The van der Waals surface area contributed by atoms with Crippen molar-refractivity contribution in [3.8, 4) is 0 Å². The number of nitrogens with zero attached hydrogens (tertiary/aromatic N) is 2. The molecule has 1 heterocycles. The monoisotopic (exact) mass is 232 g/mol. The van der Waals surface area contributed by atoms with Crippen molar-refractivity contribution in [1.82, 2.24) is 10.2 Å². The van der Waals surface area contributed by atoms with Crippen molar-refractivity contribution in [3.05, 3.63) is 23.0 Å². The maximum atomic E-state index is 6.02. The van der Waals surface area contributed by atoms with E-state index < -0.39 is 0 Å². The van der Waals surface area contributed by atoms with Gasteiger partial charge in [-0.2, -0.15) is 5.10 Å². The number of hydrogen-bond donors (Lipinski definition) is 0. The average molecular weight is 233 g/mol. The van der Waals surface area contributed by atoms with E-state index in [0.717, 1.165) is 18.4 Å². The molecule has 1 rings (SSSR count). The molecule has 0 amide bonds. The standard InChI is InChI=1S/C10H14Cl2N2/c1-3-10(4-2,7-11)8-5-6-13-14-9(8)12/h5-6H,3-4,7H2,1-2H3. The van der Waals surface area contributed by atoms with E-state index >= 15 is 0 Å². The van der Waals surface area contributed by atoms with Crippen molar-refractivity contribution in [1.29, 1.82) is 0 Å². The fraction of sp³-hybridized carbons (Fsp3) is 0.600. The summed E-state index contributed by atoms with van der Waals surface area (Å²) in [4.78, 5) is 0. The Bertz CT molecular complexity index is 290. The molecule has 0 aliphatic rings. The van der Waals surface area contributed by atoms with Crippen LogP contribution in [0.25, 0.3) is 0 Å². The summed E-state index contributed by atoms with van der Waals surface area (Å²) in [6.45, 7) is 4.23. The lowest BCUT2D eigenvalue weighted by Crippen LogP contribution is -2.27. The van der Waals surface area contributed by atoms with Crippen LogP contribution >= 0.6 is 23.2 Å². The van der Waals surface area contributed by atoms with Crippen LogP contribution < -0.4 is 0 Å². The first kappa shape index (κ1) is 11.7. The van der Waals surface area contributed by atoms with Crippen molar-refractivity contribution in [2.75, 3.05) is 5.88 Å². The van der Waals surface area contributed by atoms with Crippen molar-refractivity contribution in [3.63, 3.8) is 0 Å². The van der Waals surface area contributed by atoms with Gasteiger partial charge in [-0.05, 0) is 18.9 Å². The van der Waals surface area contributed by atoms with Gasteiger partial charge in [0.05, 0.1) is 0 Å². The minimum atomic E-state index is -0.0609. The zero-order chi connectivity index (χ0) is 10.6. The molecule has 0 saturated carbocycles. The van der Waals surface area contributed by atoms with Gasteiger partial charge in [0, 0.05) is 23.1 Å². The van der Waals surface area contributed by atoms with E-state index in [1.807, 2.05) is 6.07 Å². The zero-order valence-corrected chi connectivity index (χ0v) is 9.94. The number of rotatable bonds is 4. The van der Waals surface area contributed by atoms with Crippen LogP contribution in [0, 0.1) is 0 Å². The molecule has 0 radical (unpaired) electrons. The molecular weight excluding hydrogens is 219 g/mol. The average Bonchev–Trinajstić information content (AvgIpc) is 2.24. The van der Waals surface area contributed by atoms with Gasteiger partial charge in [0.25, 0.3) is 0 Å². The number of halogens is 2. The largest absolute Gasteiger partial charge is 0.158 e. The van der Waals surface area contributed by atoms with Gasteiger partial charge in [-0.25, -0.2) is 0 Å². The van der Waals surface area contributed by atoms with Gasteiger partial charge < -0.3 is 0 Å². The Morgan fingerprint density at radius 2 is 2.00 bits per heavy atom. The Hall–Kier alpha value is -0.340. The zero-order valence-electron chi connectivity index (χ0n) is 8.43. The van der Waals surface area contributed by atoms with Crippen LogP contribution in [0.5, 0.6) is 0 Å². The molecule has 2 nitrogen and oxygen atoms in total. The molecule has 0 bridgehead atoms. The predicted octanol–water partition coefficient (Wildman–Crippen LogP) is 3.43. The summed E-state index contributed by atoms with van der Waals surface area (Å²) >= 11 is 12.0. The van der Waals surface area contributed by atoms with E-state index in [1.54, 1.807) is 6.20 Å². The quantitative estimate of drug-likeness (QED) is 0.744. The fourth-order valence-corrected chi connectivity index (χ4v) is 2.43. The summed E-state index contributed by atoms with van der Waals surface area (Å²) in [7, 11) is 0. The van der Waals surface area contributed by atoms with Crippen molar-refractivity contribution >= 4 is 23.2 Å². The molecule has 0 saturated heterocycles. The highest BCUT2D eigenvalue weighted by atomic mass is 35.5. The lowest BCUT2D eigenvalue weighted by molar-refractivity contribution is 0.443. The molecule has 0 aliphatic carbocycles. The topological polar surface area (TPSA) is 25.8 Å². The van der Waals surface area contributed by atoms with Crippen LogP contribution in [0.1, 0.15) is 32.3 Å². The Morgan fingerprint density at radius 3 is 2.43 bits per heavy atom. The van der Waals surface area contributed by atoms with E-state index in [0.29, 0.717) is 11.0 Å². The van der Waals surface area contributed by atoms with Crippen LogP contribution in [0.15, 0.2) is 12.3 Å². The molecule has 0 fully saturated rings. The van der Waals surface area contributed by atoms with Gasteiger partial charge in [0.15, 0.2) is 5.15 Å². The SMILES string of the molecule is CCC(CC)(CCl)c1ccnnc1Cl. The molecule has 0 aromatic carbocycles. The minimum Gasteiger partial charge on any atom is -0.158 e. The van der Waals surface area contributed by atoms with Gasteiger partial charge in [-0.15, -0.1) is 16.7 Å². The third-order valence-corrected chi connectivity index (χ3v) is 3.65. The second-order valence-electron chi connectivity index (χ2n) is 3.36. The molecule has 0 unspecified atom stereocenters. The second-order valence-corrected chi connectivity index (χ2v) is 3.98. The highest BCUT2D eigenvalue weighted by Crippen LogP contribution is 2.35. The Morgan fingerprint density at radius 1 is 1.36 bits per heavy atom. The number of aromatic nitrogens is 2. The summed E-state index contributed by atoms with van der Waals surface area (Å²) in [5.74, 6) is 0.561. The molecule has 0 spiro atoms. The third-order valence-electron chi connectivity index (χ3n) is 2.86. The summed E-state index contributed by atoms with van der Waals surface area (Å²) in [6, 6.07) is 1.91. The van der Waals surface area contributed by atoms with E-state index in [4.69, 9.17) is 23.2 Å². The third kappa shape index (κ3) is 2.01. The number of hydrogen-bond acceptors (Lipinski definition) is 2. The van der Waals surface area contributed by atoms with Crippen LogP contribution in [-0.2, 0) is 5.41 Å². The van der Waals surface area contributed by atoms with Gasteiger partial charge in [0.2, 0.25) is 0 Å². The Kier molecular flexibility index (Phi) is 4.14. The van der Waals surface area contributed by atoms with Crippen molar-refractivity contribution in [2.24, 2.45) is 0 Å². The lowest BCUT2D eigenvalue weighted by Gasteiger charge is -2.29. The van der Waals surface area contributed by atoms with E-state index in [1.165, 1.54) is 0 Å². The van der Waals surface area contributed by atoms with Gasteiger partial charge in [0.1, 0.15) is 0 Å². The molecule has 0 atom stereocenters. The van der Waals surface area contributed by atoms with E-state index in [9.17, 15) is 0 Å². The summed E-state index contributed by atoms with van der Waals surface area (Å²) in [6.07, 6.45) is 3.57. The maximum Gasteiger partial charge on any atom is 0.155 e. The smallest absolute Gasteiger partial charge is 0.155 e. The summed E-state index contributed by atoms with van der Waals surface area (Å²) in [5.41, 5.74) is 0.948. The lowest BCUT2D eigenvalue weighted by atomic mass is 9.78. The minimum absolute atomic E-state index is 0.0609. The fourth-order valence-electron chi connectivity index (χ4n) is 1.60. The van der Waals surface area contributed by atoms with Crippen LogP contribution in [0.3, 0.4) is 0 Å². The molecule has 0 N–H and O–H groups in total. The highest BCUT2D eigenvalue weighted by molar-refractivity contribution is 6.30. The van der Waals surface area contributed by atoms with E-state index in [2.05, 4.69) is 24.0 Å². The first-order chi connectivity index (χ1) is 6.70. The Labute approximate surface area is 94.6 Å². The predicted molar refractivity (Wildman–Crippen MR) is 60.0 cm³/mol. The molecule has 1 aromatic rings. The molecular formula is C10H14Cl2N2. The van der Waals surface area contributed by atoms with Crippen LogP contribution in [0.2, 0.25) is 5.15 Å². The van der Waals surface area contributed by atoms with Gasteiger partial charge in [-0.3, -0.25) is 0 Å². The van der Waals surface area contributed by atoms with Crippen molar-refractivity contribution in [2.45, 2.75) is 32.1 Å². The first-order valence-electron chi connectivity index (χ1n) is 4.73. The summed E-state index contributed by atoms with van der Waals surface area (Å²) in [5, 5.41) is 8.05. The molecule has 78 valence electrons. The molecule has 14 heavy (non-hydrogen) atoms. The highest BCUT2D eigenvalue weighted by Gasteiger charge is 2.30. The van der Waals surface area contributed by atoms with Crippen LogP contribution in [0.4, 0.5) is 0 Å². The van der Waals surface area contributed by atoms with Crippen molar-refractivity contribution < 1.29 is 0 Å². The second kappa shape index (κ2) is 4.94. The first-order valence-corrected chi connectivity index (χ1v) is 5.65.